The molecule has 2 aliphatic heterocycles. The van der Waals surface area contributed by atoms with Gasteiger partial charge in [-0.15, -0.1) is 0 Å². The first kappa shape index (κ1) is 24.5. The fraction of sp³-hybridized carbons (Fsp3) is 0.267. The average Bonchev–Trinajstić information content (AvgIpc) is 3.59. The molecule has 6 rings (SSSR count). The van der Waals surface area contributed by atoms with Crippen molar-refractivity contribution in [1.29, 1.82) is 0 Å². The maximum absolute atomic E-state index is 5.95. The highest BCUT2D eigenvalue weighted by atomic mass is 32.1. The van der Waals surface area contributed by atoms with E-state index in [1.165, 1.54) is 5.69 Å². The number of nitrogens with one attached hydrogen (secondary N) is 1. The van der Waals surface area contributed by atoms with Crippen LogP contribution in [0.2, 0.25) is 0 Å². The van der Waals surface area contributed by atoms with Gasteiger partial charge in [-0.1, -0.05) is 6.07 Å². The fourth-order valence-corrected chi connectivity index (χ4v) is 5.66. The molecule has 4 aromatic rings. The van der Waals surface area contributed by atoms with Crippen molar-refractivity contribution in [3.63, 3.8) is 0 Å². The molecule has 2 unspecified atom stereocenters. The highest BCUT2D eigenvalue weighted by Crippen LogP contribution is 2.42. The van der Waals surface area contributed by atoms with Crippen molar-refractivity contribution >= 4 is 28.7 Å². The van der Waals surface area contributed by atoms with Gasteiger partial charge in [0.15, 0.2) is 5.11 Å². The number of rotatable bonds is 7. The van der Waals surface area contributed by atoms with E-state index in [1.807, 2.05) is 37.4 Å². The highest BCUT2D eigenvalue weighted by Gasteiger charge is 2.42. The Balaban J connectivity index is 1.39. The van der Waals surface area contributed by atoms with Gasteiger partial charge in [0.05, 0.1) is 31.6 Å². The number of aromatic nitrogens is 2. The molecule has 0 saturated carbocycles. The third kappa shape index (κ3) is 4.73. The summed E-state index contributed by atoms with van der Waals surface area (Å²) in [5, 5.41) is 4.26. The van der Waals surface area contributed by atoms with Crippen LogP contribution < -0.4 is 19.9 Å². The molecule has 0 aliphatic carbocycles. The van der Waals surface area contributed by atoms with Crippen molar-refractivity contribution in [3.05, 3.63) is 103 Å². The molecule has 2 aromatic heterocycles. The zero-order chi connectivity index (χ0) is 25.9. The molecule has 2 aliphatic rings. The van der Waals surface area contributed by atoms with E-state index in [2.05, 4.69) is 80.5 Å². The Bertz CT molecular complexity index is 1370. The van der Waals surface area contributed by atoms with Gasteiger partial charge in [-0.3, -0.25) is 4.98 Å². The van der Waals surface area contributed by atoms with E-state index in [9.17, 15) is 0 Å². The minimum atomic E-state index is -0.112. The standard InChI is InChI=1S/C30H31N5O2S/c1-2-37-25-14-12-23(13-15-25)34-17-5-7-27(34)29-28(26-6-3-4-16-31-26)32-30(38)35(29)24-10-8-22(9-11-24)33-18-20-36-21-19-33/h3-17,28-29H,2,18-21H2,1H3,(H,32,38). The highest BCUT2D eigenvalue weighted by molar-refractivity contribution is 7.80. The monoisotopic (exact) mass is 525 g/mol. The Hall–Kier alpha value is -3.88. The van der Waals surface area contributed by atoms with Crippen molar-refractivity contribution in [2.45, 2.75) is 19.0 Å². The van der Waals surface area contributed by atoms with Gasteiger partial charge in [0, 0.05) is 48.2 Å². The lowest BCUT2D eigenvalue weighted by molar-refractivity contribution is 0.122. The summed E-state index contributed by atoms with van der Waals surface area (Å²) in [6.07, 6.45) is 3.93. The first-order valence-electron chi connectivity index (χ1n) is 13.1. The normalized spacial score (nSPS) is 19.4. The van der Waals surface area contributed by atoms with E-state index in [4.69, 9.17) is 26.7 Å². The van der Waals surface area contributed by atoms with Gasteiger partial charge in [0.1, 0.15) is 11.8 Å². The molecule has 0 bridgehead atoms. The Morgan fingerprint density at radius 2 is 1.66 bits per heavy atom. The summed E-state index contributed by atoms with van der Waals surface area (Å²) in [5.41, 5.74) is 5.38. The molecule has 4 heterocycles. The lowest BCUT2D eigenvalue weighted by atomic mass is 10.0. The topological polar surface area (TPSA) is 54.8 Å². The minimum absolute atomic E-state index is 0.104. The fourth-order valence-electron chi connectivity index (χ4n) is 5.32. The molecule has 7 nitrogen and oxygen atoms in total. The molecule has 1 N–H and O–H groups in total. The largest absolute Gasteiger partial charge is 0.494 e. The van der Waals surface area contributed by atoms with Crippen LogP contribution in [0, 0.1) is 0 Å². The van der Waals surface area contributed by atoms with Crippen LogP contribution in [0.3, 0.4) is 0 Å². The Morgan fingerprint density at radius 1 is 0.921 bits per heavy atom. The number of anilines is 2. The van der Waals surface area contributed by atoms with Crippen LogP contribution >= 0.6 is 12.2 Å². The summed E-state index contributed by atoms with van der Waals surface area (Å²) in [4.78, 5) is 9.28. The number of benzene rings is 2. The average molecular weight is 526 g/mol. The van der Waals surface area contributed by atoms with Gasteiger partial charge in [0.2, 0.25) is 0 Å². The first-order chi connectivity index (χ1) is 18.7. The third-order valence-electron chi connectivity index (χ3n) is 7.11. The molecule has 2 atom stereocenters. The molecule has 0 spiro atoms. The maximum atomic E-state index is 5.95. The number of hydrogen-bond acceptors (Lipinski definition) is 5. The zero-order valence-corrected chi connectivity index (χ0v) is 22.2. The molecule has 0 radical (unpaired) electrons. The second kappa shape index (κ2) is 10.8. The van der Waals surface area contributed by atoms with E-state index in [0.29, 0.717) is 11.7 Å². The van der Waals surface area contributed by atoms with Crippen molar-refractivity contribution in [3.8, 4) is 11.4 Å². The van der Waals surface area contributed by atoms with Crippen LogP contribution in [-0.4, -0.2) is 47.6 Å². The summed E-state index contributed by atoms with van der Waals surface area (Å²) >= 11 is 5.95. The summed E-state index contributed by atoms with van der Waals surface area (Å²) in [5.74, 6) is 0.863. The lowest BCUT2D eigenvalue weighted by Crippen LogP contribution is -2.36. The number of morpholine rings is 1. The van der Waals surface area contributed by atoms with Gasteiger partial charge in [0.25, 0.3) is 0 Å². The Morgan fingerprint density at radius 3 is 2.37 bits per heavy atom. The van der Waals surface area contributed by atoms with Crippen LogP contribution in [0.5, 0.6) is 5.75 Å². The van der Waals surface area contributed by atoms with E-state index in [0.717, 1.165) is 54.8 Å². The van der Waals surface area contributed by atoms with Crippen molar-refractivity contribution in [2.24, 2.45) is 0 Å². The quantitative estimate of drug-likeness (QED) is 0.329. The molecule has 0 amide bonds. The molecule has 2 fully saturated rings. The maximum Gasteiger partial charge on any atom is 0.174 e. The van der Waals surface area contributed by atoms with Crippen LogP contribution in [-0.2, 0) is 4.74 Å². The predicted octanol–water partition coefficient (Wildman–Crippen LogP) is 5.28. The van der Waals surface area contributed by atoms with E-state index < -0.39 is 0 Å². The summed E-state index contributed by atoms with van der Waals surface area (Å²) < 4.78 is 13.4. The predicted molar refractivity (Wildman–Crippen MR) is 154 cm³/mol. The molecular weight excluding hydrogens is 494 g/mol. The first-order valence-corrected chi connectivity index (χ1v) is 13.5. The molecular formula is C30H31N5O2S. The number of hydrogen-bond donors (Lipinski definition) is 1. The Labute approximate surface area is 228 Å². The van der Waals surface area contributed by atoms with Gasteiger partial charge in [-0.25, -0.2) is 0 Å². The molecule has 2 aromatic carbocycles. The number of thiocarbonyl (C=S) groups is 1. The SMILES string of the molecule is CCOc1ccc(-n2cccc2C2C(c3ccccn3)NC(=S)N2c2ccc(N3CCOCC3)cc2)cc1. The Kier molecular flexibility index (Phi) is 6.98. The van der Waals surface area contributed by atoms with Gasteiger partial charge in [-0.2, -0.15) is 0 Å². The lowest BCUT2D eigenvalue weighted by Gasteiger charge is -2.31. The van der Waals surface area contributed by atoms with Crippen molar-refractivity contribution < 1.29 is 9.47 Å². The molecule has 8 heteroatoms. The summed E-state index contributed by atoms with van der Waals surface area (Å²) in [6.45, 7) is 5.97. The van der Waals surface area contributed by atoms with Crippen molar-refractivity contribution in [2.75, 3.05) is 42.7 Å². The molecule has 194 valence electrons. The van der Waals surface area contributed by atoms with Gasteiger partial charge < -0.3 is 29.2 Å². The number of ether oxygens (including phenoxy) is 2. The van der Waals surface area contributed by atoms with Crippen LogP contribution in [0.15, 0.2) is 91.3 Å². The van der Waals surface area contributed by atoms with Gasteiger partial charge >= 0.3 is 0 Å². The van der Waals surface area contributed by atoms with E-state index in [-0.39, 0.29) is 12.1 Å². The second-order valence-electron chi connectivity index (χ2n) is 9.34. The van der Waals surface area contributed by atoms with Gasteiger partial charge in [-0.05, 0) is 91.9 Å². The number of pyridine rings is 1. The van der Waals surface area contributed by atoms with Crippen LogP contribution in [0.25, 0.3) is 5.69 Å². The van der Waals surface area contributed by atoms with Crippen LogP contribution in [0.1, 0.15) is 30.4 Å². The summed E-state index contributed by atoms with van der Waals surface area (Å²) in [7, 11) is 0. The van der Waals surface area contributed by atoms with E-state index in [1.54, 1.807) is 0 Å². The third-order valence-corrected chi connectivity index (χ3v) is 7.43. The minimum Gasteiger partial charge on any atom is -0.494 e. The van der Waals surface area contributed by atoms with E-state index >= 15 is 0 Å². The second-order valence-corrected chi connectivity index (χ2v) is 9.73. The smallest absolute Gasteiger partial charge is 0.174 e. The van der Waals surface area contributed by atoms with Crippen molar-refractivity contribution in [1.82, 2.24) is 14.9 Å². The molecule has 38 heavy (non-hydrogen) atoms. The van der Waals surface area contributed by atoms with Crippen LogP contribution in [0.4, 0.5) is 11.4 Å². The summed E-state index contributed by atoms with van der Waals surface area (Å²) in [6, 6.07) is 27.0. The molecule has 2 saturated heterocycles. The zero-order valence-electron chi connectivity index (χ0n) is 21.4. The number of nitrogens with zero attached hydrogens (tertiary/aromatic N) is 4.